The lowest BCUT2D eigenvalue weighted by Gasteiger charge is -2.28. The van der Waals surface area contributed by atoms with Crippen molar-refractivity contribution in [2.45, 2.75) is 147 Å². The first-order chi connectivity index (χ1) is 35.7. The summed E-state index contributed by atoms with van der Waals surface area (Å²) in [6.07, 6.45) is 2.56. The van der Waals surface area contributed by atoms with E-state index < -0.39 is 121 Å². The smallest absolute Gasteiger partial charge is 0.303 e. The van der Waals surface area contributed by atoms with E-state index in [1.807, 2.05) is 0 Å². The molecule has 0 aliphatic carbocycles. The van der Waals surface area contributed by atoms with Gasteiger partial charge in [0.2, 0.25) is 47.3 Å². The van der Waals surface area contributed by atoms with Crippen molar-refractivity contribution in [1.82, 2.24) is 48.1 Å². The maximum Gasteiger partial charge on any atom is 0.303 e. The molecule has 2 rings (SSSR count). The fraction of sp³-hybridized carbons (Fsp3) is 0.560. The quantitative estimate of drug-likeness (QED) is 0.0198. The first-order valence-electron chi connectivity index (χ1n) is 25.2. The second-order valence-corrected chi connectivity index (χ2v) is 18.4. The molecule has 0 aliphatic rings. The predicted molar refractivity (Wildman–Crippen MR) is 275 cm³/mol. The minimum absolute atomic E-state index is 0.00655. The van der Waals surface area contributed by atoms with E-state index in [1.165, 1.54) is 43.3 Å². The zero-order valence-corrected chi connectivity index (χ0v) is 43.0. The third-order valence-corrected chi connectivity index (χ3v) is 11.7. The Morgan fingerprint density at radius 2 is 0.973 bits per heavy atom. The number of phenols is 2. The van der Waals surface area contributed by atoms with E-state index >= 15 is 0 Å². The molecule has 2 aromatic carbocycles. The van der Waals surface area contributed by atoms with Crippen LogP contribution in [0.1, 0.15) is 103 Å². The molecule has 25 heteroatoms. The summed E-state index contributed by atoms with van der Waals surface area (Å²) in [5, 5.41) is 47.2. The summed E-state index contributed by atoms with van der Waals surface area (Å²) in [5.41, 5.74) is 23.1. The van der Waals surface area contributed by atoms with E-state index in [0.717, 1.165) is 0 Å². The number of phenolic OH excluding ortho intramolecular Hbond substituents is 2. The van der Waals surface area contributed by atoms with E-state index in [4.69, 9.17) is 17.2 Å². The van der Waals surface area contributed by atoms with Crippen LogP contribution in [0.4, 0.5) is 0 Å². The molecule has 0 spiro atoms. The van der Waals surface area contributed by atoms with Gasteiger partial charge in [0, 0.05) is 19.8 Å². The molecule has 3 unspecified atom stereocenters. The van der Waals surface area contributed by atoms with Crippen LogP contribution in [0.2, 0.25) is 0 Å². The van der Waals surface area contributed by atoms with Gasteiger partial charge in [0.25, 0.3) is 0 Å². The summed E-state index contributed by atoms with van der Waals surface area (Å²) in [7, 11) is 0. The number of hydrogen-bond donors (Lipinski definition) is 15. The van der Waals surface area contributed by atoms with E-state index in [2.05, 4.69) is 48.1 Å². The van der Waals surface area contributed by atoms with Gasteiger partial charge in [-0.1, -0.05) is 38.1 Å². The Bertz CT molecular complexity index is 2160. The van der Waals surface area contributed by atoms with E-state index in [-0.39, 0.29) is 50.3 Å². The molecule has 7 atom stereocenters. The van der Waals surface area contributed by atoms with Crippen molar-refractivity contribution in [3.8, 4) is 11.5 Å². The number of carboxylic acid groups (broad SMARTS) is 1. The van der Waals surface area contributed by atoms with Gasteiger partial charge in [0.1, 0.15) is 54.0 Å². The third-order valence-electron chi connectivity index (χ3n) is 11.7. The fourth-order valence-corrected chi connectivity index (χ4v) is 7.50. The molecule has 0 fully saturated rings. The third kappa shape index (κ3) is 25.5. The number of aromatic hydroxyl groups is 2. The van der Waals surface area contributed by atoms with Gasteiger partial charge in [-0.2, -0.15) is 0 Å². The summed E-state index contributed by atoms with van der Waals surface area (Å²) in [6.45, 7) is 4.74. The van der Waals surface area contributed by atoms with Crippen LogP contribution >= 0.6 is 0 Å². The van der Waals surface area contributed by atoms with Crippen LogP contribution in [-0.2, 0) is 60.8 Å². The number of rotatable bonds is 37. The number of aliphatic carboxylic acids is 1. The number of carboxylic acids is 1. The average molecular weight is 1060 g/mol. The molecule has 2 aromatic rings. The average Bonchev–Trinajstić information content (AvgIpc) is 3.36. The highest BCUT2D eigenvalue weighted by Crippen LogP contribution is 2.15. The number of hydrazine groups is 1. The van der Waals surface area contributed by atoms with E-state index in [1.54, 1.807) is 26.0 Å². The highest BCUT2D eigenvalue weighted by Gasteiger charge is 2.34. The Labute approximate surface area is 436 Å². The Morgan fingerprint density at radius 3 is 1.44 bits per heavy atom. The maximum absolute atomic E-state index is 14.2. The monoisotopic (exact) mass is 1050 g/mol. The number of nitrogens with two attached hydrogens (primary N) is 3. The van der Waals surface area contributed by atoms with Gasteiger partial charge in [0.05, 0.1) is 12.6 Å². The van der Waals surface area contributed by atoms with Crippen molar-refractivity contribution in [3.05, 3.63) is 59.7 Å². The van der Waals surface area contributed by atoms with Gasteiger partial charge in [-0.25, -0.2) is 5.43 Å². The number of carbonyl (C=O) groups excluding carboxylic acids is 9. The highest BCUT2D eigenvalue weighted by atomic mass is 16.4. The minimum Gasteiger partial charge on any atom is -0.508 e. The van der Waals surface area contributed by atoms with Crippen LogP contribution in [-0.4, -0.2) is 143 Å². The summed E-state index contributed by atoms with van der Waals surface area (Å²) in [4.78, 5) is 132. The topological polar surface area (TPSA) is 418 Å². The fourth-order valence-electron chi connectivity index (χ4n) is 7.50. The van der Waals surface area contributed by atoms with Crippen LogP contribution in [0, 0.1) is 5.92 Å². The van der Waals surface area contributed by atoms with Crippen molar-refractivity contribution >= 4 is 59.5 Å². The molecule has 0 heterocycles. The minimum atomic E-state index is -1.57. The summed E-state index contributed by atoms with van der Waals surface area (Å²) in [5.74, 6) is -8.09. The molecule has 8 amide bonds. The van der Waals surface area contributed by atoms with Gasteiger partial charge >= 0.3 is 5.97 Å². The summed E-state index contributed by atoms with van der Waals surface area (Å²) in [6, 6.07) is 3.12. The highest BCUT2D eigenvalue weighted by molar-refractivity contribution is 5.97. The molecule has 18 N–H and O–H groups in total. The first kappa shape index (κ1) is 63.9. The van der Waals surface area contributed by atoms with Crippen molar-refractivity contribution < 1.29 is 63.3 Å². The molecule has 0 saturated carbocycles. The Kier molecular flexibility index (Phi) is 29.9. The lowest BCUT2D eigenvalue weighted by molar-refractivity contribution is -0.138. The normalized spacial score (nSPS) is 13.8. The van der Waals surface area contributed by atoms with Crippen molar-refractivity contribution in [2.75, 3.05) is 26.2 Å². The van der Waals surface area contributed by atoms with Gasteiger partial charge in [-0.3, -0.25) is 48.6 Å². The Balaban J connectivity index is 2.35. The molecule has 0 aromatic heterocycles. The molecular weight excluding hydrogens is 977 g/mol. The van der Waals surface area contributed by atoms with Gasteiger partial charge in [-0.15, -0.1) is 0 Å². The number of carbonyl (C=O) groups is 10. The summed E-state index contributed by atoms with van der Waals surface area (Å²) >= 11 is 0. The summed E-state index contributed by atoms with van der Waals surface area (Å²) < 4.78 is 0. The first-order valence-corrected chi connectivity index (χ1v) is 25.2. The standard InChI is InChI=1S/C50H78N12O13/c1-30(2)44(50(75)55-34(29-63)10-4-7-23-51)60-48(73)40(26-32-13-17-35(65)18-14-32)59-46(71)38(12-6-9-25-53)58-47(72)39(21-22-43(68)69)56-42(67)28-54-45(70)37(11-5-8-24-52)57-49(74)41(62-61-31(3)64)27-33-15-19-36(66)20-16-33/h13-20,29-30,34,37-41,44,62,65-66H,4-12,21-28,51-53H2,1-3H3,(H,54,70)(H,55,75)(H,56,67)(H,57,74)(H,58,72)(H,59,71)(H,60,73)(H,61,64)(H,68,69)/t34-,37-,38?,39-,40-,41?,44?/m0/s1. The largest absolute Gasteiger partial charge is 0.508 e. The number of unbranched alkanes of at least 4 members (excludes halogenated alkanes) is 3. The maximum atomic E-state index is 14.2. The van der Waals surface area contributed by atoms with Gasteiger partial charge in [-0.05, 0) is 132 Å². The number of amides is 8. The number of aldehydes is 1. The molecule has 75 heavy (non-hydrogen) atoms. The lowest BCUT2D eigenvalue weighted by atomic mass is 9.99. The number of hydrogen-bond acceptors (Lipinski definition) is 16. The van der Waals surface area contributed by atoms with Gasteiger partial charge in [0.15, 0.2) is 0 Å². The zero-order valence-electron chi connectivity index (χ0n) is 43.0. The van der Waals surface area contributed by atoms with Crippen LogP contribution in [0.15, 0.2) is 48.5 Å². The molecule has 25 nitrogen and oxygen atoms in total. The van der Waals surface area contributed by atoms with Gasteiger partial charge < -0.3 is 74.5 Å². The van der Waals surface area contributed by atoms with Crippen LogP contribution in [0.3, 0.4) is 0 Å². The van der Waals surface area contributed by atoms with Crippen LogP contribution < -0.4 is 65.3 Å². The van der Waals surface area contributed by atoms with Crippen LogP contribution in [0.5, 0.6) is 11.5 Å². The molecule has 416 valence electrons. The zero-order chi connectivity index (χ0) is 55.9. The van der Waals surface area contributed by atoms with Crippen molar-refractivity contribution in [1.29, 1.82) is 0 Å². The molecular formula is C50H78N12O13. The molecule has 0 bridgehead atoms. The second kappa shape index (κ2) is 35.1. The van der Waals surface area contributed by atoms with Crippen LogP contribution in [0.25, 0.3) is 0 Å². The Morgan fingerprint density at radius 1 is 0.533 bits per heavy atom. The molecule has 0 aliphatic heterocycles. The second-order valence-electron chi connectivity index (χ2n) is 18.4. The van der Waals surface area contributed by atoms with Crippen molar-refractivity contribution in [3.63, 3.8) is 0 Å². The Hall–Kier alpha value is -7.22. The van der Waals surface area contributed by atoms with E-state index in [9.17, 15) is 63.3 Å². The molecule has 0 radical (unpaired) electrons. The van der Waals surface area contributed by atoms with E-state index in [0.29, 0.717) is 68.9 Å². The SMILES string of the molecule is CC(=O)NNC(Cc1ccc(O)cc1)C(=O)N[C@@H](CCCCN)C(=O)NCC(=O)N[C@@H](CCC(=O)O)C(=O)NC(CCCCN)C(=O)N[C@@H](Cc1ccc(O)cc1)C(=O)NC(C(=O)N[C@H](C=O)CCCCN)C(C)C. The molecule has 0 saturated heterocycles. The van der Waals surface area contributed by atoms with Crippen molar-refractivity contribution in [2.24, 2.45) is 23.1 Å². The number of nitrogens with one attached hydrogen (secondary N) is 9. The predicted octanol–water partition coefficient (Wildman–Crippen LogP) is -1.98. The number of benzene rings is 2. The lowest BCUT2D eigenvalue weighted by Crippen LogP contribution is -2.60.